The lowest BCUT2D eigenvalue weighted by molar-refractivity contribution is -0.136. The van der Waals surface area contributed by atoms with Crippen molar-refractivity contribution < 1.29 is 19.1 Å². The van der Waals surface area contributed by atoms with Gasteiger partial charge in [-0.2, -0.15) is 0 Å². The number of carbonyl (C=O) groups is 3. The molecule has 1 atom stereocenters. The largest absolute Gasteiger partial charge is 0.493 e. The average Bonchev–Trinajstić information content (AvgIpc) is 3.18. The Bertz CT molecular complexity index is 1250. The number of ether oxygens (including phenoxy) is 1. The fraction of sp³-hybridized carbons (Fsp3) is 0.333. The van der Waals surface area contributed by atoms with Crippen molar-refractivity contribution in [3.05, 3.63) is 71.4 Å². The fourth-order valence-electron chi connectivity index (χ4n) is 4.86. The topological polar surface area (TPSA) is 88.6 Å². The van der Waals surface area contributed by atoms with E-state index in [4.69, 9.17) is 4.74 Å². The number of para-hydroxylation sites is 1. The molecule has 3 amide bonds. The molecule has 7 heteroatoms. The Morgan fingerprint density at radius 2 is 1.88 bits per heavy atom. The van der Waals surface area contributed by atoms with Crippen LogP contribution in [0.2, 0.25) is 0 Å². The van der Waals surface area contributed by atoms with Crippen molar-refractivity contribution in [2.75, 3.05) is 6.61 Å². The minimum Gasteiger partial charge on any atom is -0.493 e. The number of hydrogen-bond acceptors (Lipinski definition) is 5. The number of carbonyl (C=O) groups excluding carboxylic acids is 3. The second-order valence-corrected chi connectivity index (χ2v) is 8.83. The molecule has 7 nitrogen and oxygen atoms in total. The van der Waals surface area contributed by atoms with Crippen LogP contribution in [0.25, 0.3) is 10.9 Å². The Morgan fingerprint density at radius 1 is 1.00 bits per heavy atom. The fourth-order valence-corrected chi connectivity index (χ4v) is 4.86. The molecule has 1 saturated heterocycles. The summed E-state index contributed by atoms with van der Waals surface area (Å²) in [6.07, 6.45) is 6.23. The van der Waals surface area contributed by atoms with Crippen molar-refractivity contribution in [2.45, 2.75) is 51.1 Å². The molecule has 0 radical (unpaired) electrons. The monoisotopic (exact) mass is 457 g/mol. The van der Waals surface area contributed by atoms with E-state index in [1.54, 1.807) is 11.1 Å². The number of aromatic nitrogens is 1. The Morgan fingerprint density at radius 3 is 2.76 bits per heavy atom. The van der Waals surface area contributed by atoms with Crippen molar-refractivity contribution in [2.24, 2.45) is 0 Å². The number of fused-ring (bicyclic) bond motifs is 2. The molecule has 174 valence electrons. The number of nitrogens with one attached hydrogen (secondary N) is 1. The molecule has 3 aromatic rings. The van der Waals surface area contributed by atoms with E-state index in [9.17, 15) is 14.4 Å². The Kier molecular flexibility index (Phi) is 6.25. The number of pyridine rings is 1. The highest BCUT2D eigenvalue weighted by molar-refractivity contribution is 6.05. The van der Waals surface area contributed by atoms with Crippen molar-refractivity contribution in [1.29, 1.82) is 0 Å². The molecule has 1 unspecified atom stereocenters. The Balaban J connectivity index is 1.14. The summed E-state index contributed by atoms with van der Waals surface area (Å²) in [5, 5.41) is 3.38. The quantitative estimate of drug-likeness (QED) is 0.411. The van der Waals surface area contributed by atoms with Crippen LogP contribution in [0.3, 0.4) is 0 Å². The predicted molar refractivity (Wildman–Crippen MR) is 127 cm³/mol. The van der Waals surface area contributed by atoms with E-state index in [-0.39, 0.29) is 24.1 Å². The van der Waals surface area contributed by atoms with Crippen LogP contribution in [0.15, 0.2) is 54.7 Å². The lowest BCUT2D eigenvalue weighted by Gasteiger charge is -2.29. The molecule has 2 aromatic carbocycles. The van der Waals surface area contributed by atoms with Gasteiger partial charge in [-0.1, -0.05) is 24.3 Å². The minimum atomic E-state index is -0.577. The lowest BCUT2D eigenvalue weighted by Crippen LogP contribution is -2.52. The van der Waals surface area contributed by atoms with Crippen LogP contribution in [0.5, 0.6) is 5.75 Å². The number of aryl methyl sites for hydroxylation is 1. The maximum atomic E-state index is 13.0. The summed E-state index contributed by atoms with van der Waals surface area (Å²) in [5.74, 6) is 0.0935. The summed E-state index contributed by atoms with van der Waals surface area (Å²) in [4.78, 5) is 42.7. The van der Waals surface area contributed by atoms with E-state index in [0.29, 0.717) is 25.1 Å². The molecule has 0 saturated carbocycles. The van der Waals surface area contributed by atoms with Gasteiger partial charge in [-0.25, -0.2) is 0 Å². The van der Waals surface area contributed by atoms with Gasteiger partial charge in [0.15, 0.2) is 0 Å². The van der Waals surface area contributed by atoms with Crippen molar-refractivity contribution in [3.8, 4) is 5.75 Å². The highest BCUT2D eigenvalue weighted by Crippen LogP contribution is 2.30. The number of rotatable bonds is 8. The summed E-state index contributed by atoms with van der Waals surface area (Å²) in [6.45, 7) is 1.07. The van der Waals surface area contributed by atoms with E-state index in [2.05, 4.69) is 16.4 Å². The Labute approximate surface area is 198 Å². The molecule has 1 fully saturated rings. The zero-order chi connectivity index (χ0) is 23.5. The molecular weight excluding hydrogens is 430 g/mol. The van der Waals surface area contributed by atoms with Gasteiger partial charge >= 0.3 is 0 Å². The van der Waals surface area contributed by atoms with Crippen LogP contribution in [-0.2, 0) is 22.6 Å². The Hall–Kier alpha value is -3.74. The van der Waals surface area contributed by atoms with Gasteiger partial charge in [0.1, 0.15) is 11.8 Å². The molecule has 0 bridgehead atoms. The molecule has 0 spiro atoms. The minimum absolute atomic E-state index is 0.121. The smallest absolute Gasteiger partial charge is 0.255 e. The summed E-state index contributed by atoms with van der Waals surface area (Å²) >= 11 is 0. The van der Waals surface area contributed by atoms with Gasteiger partial charge in [-0.3, -0.25) is 24.7 Å². The number of nitrogens with zero attached hydrogens (tertiary/aromatic N) is 2. The van der Waals surface area contributed by atoms with Crippen LogP contribution >= 0.6 is 0 Å². The predicted octanol–water partition coefficient (Wildman–Crippen LogP) is 3.79. The molecule has 0 aliphatic carbocycles. The molecular formula is C27H27N3O4. The molecule has 1 aromatic heterocycles. The summed E-state index contributed by atoms with van der Waals surface area (Å²) in [5.41, 5.74) is 3.77. The number of imide groups is 1. The van der Waals surface area contributed by atoms with Crippen LogP contribution in [0.4, 0.5) is 0 Å². The van der Waals surface area contributed by atoms with E-state index in [1.165, 1.54) is 0 Å². The highest BCUT2D eigenvalue weighted by Gasteiger charge is 2.39. The molecule has 1 N–H and O–H groups in total. The van der Waals surface area contributed by atoms with E-state index in [1.807, 2.05) is 42.5 Å². The zero-order valence-electron chi connectivity index (χ0n) is 19.0. The maximum absolute atomic E-state index is 13.0. The van der Waals surface area contributed by atoms with Crippen LogP contribution in [-0.4, -0.2) is 40.3 Å². The number of piperidine rings is 1. The SMILES string of the molecule is O=C1CCC(N2Cc3c(CCCCCOc4ccnc5ccccc45)cccc3C2=O)C(=O)N1. The number of amides is 3. The lowest BCUT2D eigenvalue weighted by atomic mass is 9.98. The van der Waals surface area contributed by atoms with Crippen molar-refractivity contribution >= 4 is 28.6 Å². The van der Waals surface area contributed by atoms with Gasteiger partial charge in [-0.05, 0) is 67.5 Å². The number of hydrogen-bond donors (Lipinski definition) is 1. The summed E-state index contributed by atoms with van der Waals surface area (Å²) in [6, 6.07) is 15.1. The molecule has 2 aliphatic rings. The van der Waals surface area contributed by atoms with Gasteiger partial charge in [0, 0.05) is 30.1 Å². The third-order valence-corrected chi connectivity index (χ3v) is 6.64. The van der Waals surface area contributed by atoms with Gasteiger partial charge in [0.05, 0.1) is 12.1 Å². The highest BCUT2D eigenvalue weighted by atomic mass is 16.5. The van der Waals surface area contributed by atoms with Crippen LogP contribution in [0, 0.1) is 0 Å². The first-order valence-electron chi connectivity index (χ1n) is 11.8. The first-order valence-corrected chi connectivity index (χ1v) is 11.8. The molecule has 34 heavy (non-hydrogen) atoms. The van der Waals surface area contributed by atoms with Gasteiger partial charge < -0.3 is 9.64 Å². The van der Waals surface area contributed by atoms with Gasteiger partial charge in [0.2, 0.25) is 11.8 Å². The standard InChI is InChI=1S/C27H27N3O4/c31-25-13-12-23(26(32)29-25)30-17-21-18(8-6-10-19(21)27(30)33)7-2-1-5-16-34-24-14-15-28-22-11-4-3-9-20(22)24/h3-4,6,8-11,14-15,23H,1-2,5,7,12-13,16-17H2,(H,29,31,32). The number of benzene rings is 2. The van der Waals surface area contributed by atoms with E-state index >= 15 is 0 Å². The van der Waals surface area contributed by atoms with E-state index < -0.39 is 6.04 Å². The third-order valence-electron chi connectivity index (χ3n) is 6.64. The normalized spacial score (nSPS) is 17.7. The van der Waals surface area contributed by atoms with Crippen molar-refractivity contribution in [3.63, 3.8) is 0 Å². The second kappa shape index (κ2) is 9.63. The van der Waals surface area contributed by atoms with E-state index in [0.717, 1.165) is 53.5 Å². The van der Waals surface area contributed by atoms with Gasteiger partial charge in [-0.15, -0.1) is 0 Å². The third kappa shape index (κ3) is 4.38. The molecule has 3 heterocycles. The second-order valence-electron chi connectivity index (χ2n) is 8.83. The summed E-state index contributed by atoms with van der Waals surface area (Å²) in [7, 11) is 0. The van der Waals surface area contributed by atoms with Crippen LogP contribution in [0.1, 0.15) is 53.6 Å². The summed E-state index contributed by atoms with van der Waals surface area (Å²) < 4.78 is 6.01. The first-order chi connectivity index (χ1) is 16.6. The zero-order valence-corrected chi connectivity index (χ0v) is 19.0. The molecule has 2 aliphatic heterocycles. The van der Waals surface area contributed by atoms with Gasteiger partial charge in [0.25, 0.3) is 5.91 Å². The van der Waals surface area contributed by atoms with Crippen molar-refractivity contribution in [1.82, 2.24) is 15.2 Å². The van der Waals surface area contributed by atoms with Crippen LogP contribution < -0.4 is 10.1 Å². The number of unbranched alkanes of at least 4 members (excludes halogenated alkanes) is 2. The first kappa shape index (κ1) is 22.1. The maximum Gasteiger partial charge on any atom is 0.255 e. The average molecular weight is 458 g/mol. The molecule has 5 rings (SSSR count).